The highest BCUT2D eigenvalue weighted by Crippen LogP contribution is 2.27. The molecule has 0 saturated heterocycles. The number of hydrogen-bond acceptors (Lipinski definition) is 4. The quantitative estimate of drug-likeness (QED) is 0.578. The van der Waals surface area contributed by atoms with Gasteiger partial charge in [0.2, 0.25) is 0 Å². The molecule has 118 valence electrons. The first-order valence-electron chi connectivity index (χ1n) is 7.64. The number of aromatic nitrogens is 2. The van der Waals surface area contributed by atoms with E-state index in [0.29, 0.717) is 10.7 Å². The molecule has 4 aromatic rings. The number of fused-ring (bicyclic) bond motifs is 2. The predicted octanol–water partition coefficient (Wildman–Crippen LogP) is 4.71. The molecule has 4 rings (SSSR count). The molecule has 5 heteroatoms. The second-order valence-corrected chi connectivity index (χ2v) is 6.84. The second kappa shape index (κ2) is 5.69. The van der Waals surface area contributed by atoms with E-state index < -0.39 is 0 Å². The largest absolute Gasteiger partial charge is 0.298 e. The number of hydrogen-bond donors (Lipinski definition) is 1. The minimum absolute atomic E-state index is 0.170. The summed E-state index contributed by atoms with van der Waals surface area (Å²) in [5, 5.41) is 4.52. The van der Waals surface area contributed by atoms with E-state index in [1.807, 2.05) is 56.3 Å². The molecule has 0 atom stereocenters. The molecule has 0 aliphatic carbocycles. The van der Waals surface area contributed by atoms with Crippen LogP contribution in [-0.4, -0.2) is 15.9 Å². The SMILES string of the molecule is Cc1ccc2nc(NC(=O)c3ccc4ccc(C)nc4c3)sc2c1. The summed E-state index contributed by atoms with van der Waals surface area (Å²) in [7, 11) is 0. The lowest BCUT2D eigenvalue weighted by atomic mass is 10.1. The van der Waals surface area contributed by atoms with Crippen molar-refractivity contribution < 1.29 is 4.79 Å². The van der Waals surface area contributed by atoms with Crippen LogP contribution in [0.4, 0.5) is 5.13 Å². The average Bonchev–Trinajstić information content (AvgIpc) is 2.95. The van der Waals surface area contributed by atoms with Crippen molar-refractivity contribution in [3.05, 3.63) is 65.4 Å². The van der Waals surface area contributed by atoms with Gasteiger partial charge in [-0.2, -0.15) is 0 Å². The summed E-state index contributed by atoms with van der Waals surface area (Å²) in [6.45, 7) is 3.98. The van der Waals surface area contributed by atoms with Crippen LogP contribution < -0.4 is 5.32 Å². The molecule has 1 N–H and O–H groups in total. The Bertz CT molecular complexity index is 1080. The van der Waals surface area contributed by atoms with Crippen molar-refractivity contribution >= 4 is 43.5 Å². The Morgan fingerprint density at radius 3 is 2.67 bits per heavy atom. The zero-order valence-corrected chi connectivity index (χ0v) is 14.1. The molecule has 0 radical (unpaired) electrons. The number of carbonyl (C=O) groups excluding carboxylic acids is 1. The fraction of sp³-hybridized carbons (Fsp3) is 0.105. The van der Waals surface area contributed by atoms with Crippen LogP contribution in [0.1, 0.15) is 21.6 Å². The monoisotopic (exact) mass is 333 g/mol. The first-order valence-corrected chi connectivity index (χ1v) is 8.46. The van der Waals surface area contributed by atoms with Crippen molar-refractivity contribution in [3.63, 3.8) is 0 Å². The summed E-state index contributed by atoms with van der Waals surface area (Å²) in [5.74, 6) is -0.170. The minimum atomic E-state index is -0.170. The third-order valence-corrected chi connectivity index (χ3v) is 4.79. The highest BCUT2D eigenvalue weighted by atomic mass is 32.1. The van der Waals surface area contributed by atoms with E-state index in [9.17, 15) is 4.79 Å². The zero-order chi connectivity index (χ0) is 16.7. The molecule has 0 spiro atoms. The van der Waals surface area contributed by atoms with E-state index in [-0.39, 0.29) is 5.91 Å². The molecule has 0 fully saturated rings. The molecular formula is C19H15N3OS. The third-order valence-electron chi connectivity index (χ3n) is 3.86. The molecule has 0 unspecified atom stereocenters. The van der Waals surface area contributed by atoms with Crippen LogP contribution >= 0.6 is 11.3 Å². The van der Waals surface area contributed by atoms with Gasteiger partial charge in [0.05, 0.1) is 15.7 Å². The van der Waals surface area contributed by atoms with E-state index in [0.717, 1.165) is 26.8 Å². The van der Waals surface area contributed by atoms with Gasteiger partial charge < -0.3 is 0 Å². The van der Waals surface area contributed by atoms with E-state index in [1.54, 1.807) is 0 Å². The number of carbonyl (C=O) groups is 1. The molecule has 0 bridgehead atoms. The number of benzene rings is 2. The van der Waals surface area contributed by atoms with E-state index in [2.05, 4.69) is 21.4 Å². The van der Waals surface area contributed by atoms with Crippen LogP contribution in [0, 0.1) is 13.8 Å². The molecule has 4 nitrogen and oxygen atoms in total. The van der Waals surface area contributed by atoms with Crippen molar-refractivity contribution in [1.82, 2.24) is 9.97 Å². The number of aryl methyl sites for hydroxylation is 2. The Morgan fingerprint density at radius 1 is 0.958 bits per heavy atom. The number of thiazole rings is 1. The summed E-state index contributed by atoms with van der Waals surface area (Å²) in [5.41, 5.74) is 4.41. The lowest BCUT2D eigenvalue weighted by Crippen LogP contribution is -2.11. The third kappa shape index (κ3) is 2.74. The van der Waals surface area contributed by atoms with Gasteiger partial charge in [-0.25, -0.2) is 4.98 Å². The number of rotatable bonds is 2. The van der Waals surface area contributed by atoms with Gasteiger partial charge in [-0.1, -0.05) is 29.5 Å². The van der Waals surface area contributed by atoms with Crippen molar-refractivity contribution in [1.29, 1.82) is 0 Å². The maximum absolute atomic E-state index is 12.5. The standard InChI is InChI=1S/C19H15N3OS/c1-11-3-8-15-17(9-11)24-19(21-15)22-18(23)14-7-6-13-5-4-12(2)20-16(13)10-14/h3-10H,1-2H3,(H,21,22,23). The van der Waals surface area contributed by atoms with Crippen LogP contribution in [-0.2, 0) is 0 Å². The number of pyridine rings is 1. The van der Waals surface area contributed by atoms with E-state index in [4.69, 9.17) is 0 Å². The van der Waals surface area contributed by atoms with Gasteiger partial charge in [-0.15, -0.1) is 0 Å². The molecule has 24 heavy (non-hydrogen) atoms. The number of nitrogens with zero attached hydrogens (tertiary/aromatic N) is 2. The number of anilines is 1. The lowest BCUT2D eigenvalue weighted by Gasteiger charge is -2.04. The summed E-state index contributed by atoms with van der Waals surface area (Å²) in [4.78, 5) is 21.5. The normalized spacial score (nSPS) is 11.1. The van der Waals surface area contributed by atoms with Crippen molar-refractivity contribution in [2.45, 2.75) is 13.8 Å². The van der Waals surface area contributed by atoms with Crippen LogP contribution in [0.25, 0.3) is 21.1 Å². The fourth-order valence-corrected chi connectivity index (χ4v) is 3.57. The van der Waals surface area contributed by atoms with Crippen molar-refractivity contribution in [3.8, 4) is 0 Å². The summed E-state index contributed by atoms with van der Waals surface area (Å²) in [6.07, 6.45) is 0. The highest BCUT2D eigenvalue weighted by molar-refractivity contribution is 7.22. The molecule has 0 aliphatic heterocycles. The Labute approximate surface area is 143 Å². The van der Waals surface area contributed by atoms with Crippen LogP contribution in [0.15, 0.2) is 48.5 Å². The van der Waals surface area contributed by atoms with Crippen molar-refractivity contribution in [2.24, 2.45) is 0 Å². The number of amides is 1. The maximum atomic E-state index is 12.5. The zero-order valence-electron chi connectivity index (χ0n) is 13.3. The second-order valence-electron chi connectivity index (χ2n) is 5.80. The molecule has 0 saturated carbocycles. The van der Waals surface area contributed by atoms with Gasteiger partial charge in [0, 0.05) is 16.6 Å². The highest BCUT2D eigenvalue weighted by Gasteiger charge is 2.11. The van der Waals surface area contributed by atoms with Gasteiger partial charge in [0.15, 0.2) is 5.13 Å². The van der Waals surface area contributed by atoms with Gasteiger partial charge in [-0.3, -0.25) is 15.1 Å². The lowest BCUT2D eigenvalue weighted by molar-refractivity contribution is 0.102. The predicted molar refractivity (Wildman–Crippen MR) is 98.8 cm³/mol. The summed E-state index contributed by atoms with van der Waals surface area (Å²) in [6, 6.07) is 15.6. The van der Waals surface area contributed by atoms with Gasteiger partial charge in [-0.05, 0) is 49.7 Å². The molecule has 1 amide bonds. The average molecular weight is 333 g/mol. The number of nitrogens with one attached hydrogen (secondary N) is 1. The Kier molecular flexibility index (Phi) is 3.50. The Balaban J connectivity index is 1.65. The Morgan fingerprint density at radius 2 is 1.79 bits per heavy atom. The van der Waals surface area contributed by atoms with Gasteiger partial charge in [0.25, 0.3) is 5.91 Å². The molecule has 0 aliphatic rings. The van der Waals surface area contributed by atoms with Gasteiger partial charge >= 0.3 is 0 Å². The van der Waals surface area contributed by atoms with Crippen LogP contribution in [0.2, 0.25) is 0 Å². The summed E-state index contributed by atoms with van der Waals surface area (Å²) < 4.78 is 1.07. The first kappa shape index (κ1) is 14.8. The smallest absolute Gasteiger partial charge is 0.257 e. The van der Waals surface area contributed by atoms with Gasteiger partial charge in [0.1, 0.15) is 0 Å². The van der Waals surface area contributed by atoms with Crippen LogP contribution in [0.3, 0.4) is 0 Å². The Hall–Kier alpha value is -2.79. The maximum Gasteiger partial charge on any atom is 0.257 e. The summed E-state index contributed by atoms with van der Waals surface area (Å²) >= 11 is 1.48. The molecule has 2 aromatic heterocycles. The topological polar surface area (TPSA) is 54.9 Å². The van der Waals surface area contributed by atoms with Crippen molar-refractivity contribution in [2.75, 3.05) is 5.32 Å². The molecule has 2 aromatic carbocycles. The molecule has 2 heterocycles. The van der Waals surface area contributed by atoms with Crippen LogP contribution in [0.5, 0.6) is 0 Å². The fourth-order valence-electron chi connectivity index (χ4n) is 2.61. The molecular weight excluding hydrogens is 318 g/mol. The van der Waals surface area contributed by atoms with E-state index >= 15 is 0 Å². The first-order chi connectivity index (χ1) is 11.6. The van der Waals surface area contributed by atoms with E-state index in [1.165, 1.54) is 16.9 Å². The minimum Gasteiger partial charge on any atom is -0.298 e.